The Hall–Kier alpha value is -1.64. The summed E-state index contributed by atoms with van der Waals surface area (Å²) in [5.41, 5.74) is 4.13. The molecule has 0 radical (unpaired) electrons. The number of esters is 1. The lowest BCUT2D eigenvalue weighted by molar-refractivity contribution is -0.141. The summed E-state index contributed by atoms with van der Waals surface area (Å²) in [5.74, 6) is -0.184. The highest BCUT2D eigenvalue weighted by molar-refractivity contribution is 5.83. The lowest BCUT2D eigenvalue weighted by Crippen LogP contribution is -2.06. The van der Waals surface area contributed by atoms with E-state index in [0.717, 1.165) is 6.42 Å². The molecular formula is C16H20O3. The number of carbonyl (C=O) groups excluding carboxylic acids is 2. The molecule has 3 nitrogen and oxygen atoms in total. The number of ketones is 1. The van der Waals surface area contributed by atoms with Crippen LogP contribution < -0.4 is 0 Å². The van der Waals surface area contributed by atoms with Crippen LogP contribution >= 0.6 is 0 Å². The molecule has 3 heteroatoms. The summed E-state index contributed by atoms with van der Waals surface area (Å²) in [4.78, 5) is 22.6. The van der Waals surface area contributed by atoms with Crippen LogP contribution in [0.3, 0.4) is 0 Å². The van der Waals surface area contributed by atoms with E-state index in [9.17, 15) is 9.59 Å². The van der Waals surface area contributed by atoms with Gasteiger partial charge >= 0.3 is 5.97 Å². The van der Waals surface area contributed by atoms with Crippen LogP contribution in [-0.4, -0.2) is 18.9 Å². The van der Waals surface area contributed by atoms with Crippen molar-refractivity contribution in [3.05, 3.63) is 34.9 Å². The summed E-state index contributed by atoms with van der Waals surface area (Å²) in [6.07, 6.45) is 5.37. The Morgan fingerprint density at radius 2 is 1.89 bits per heavy atom. The number of benzene rings is 1. The maximum atomic E-state index is 11.7. The molecule has 0 spiro atoms. The molecule has 19 heavy (non-hydrogen) atoms. The molecule has 1 aromatic rings. The molecule has 0 saturated carbocycles. The predicted octanol–water partition coefficient (Wildman–Crippen LogP) is 2.63. The van der Waals surface area contributed by atoms with Gasteiger partial charge in [-0.15, -0.1) is 0 Å². The van der Waals surface area contributed by atoms with Crippen molar-refractivity contribution in [1.82, 2.24) is 0 Å². The molecule has 0 saturated heterocycles. The van der Waals surface area contributed by atoms with Gasteiger partial charge in [0.1, 0.15) is 5.78 Å². The van der Waals surface area contributed by atoms with Crippen molar-refractivity contribution in [3.63, 3.8) is 0 Å². The van der Waals surface area contributed by atoms with Crippen LogP contribution in [-0.2, 0) is 33.6 Å². The average Bonchev–Trinajstić information content (AvgIpc) is 2.89. The largest absolute Gasteiger partial charge is 0.469 e. The summed E-state index contributed by atoms with van der Waals surface area (Å²) in [5, 5.41) is 0. The summed E-state index contributed by atoms with van der Waals surface area (Å²) in [6.45, 7) is 0. The van der Waals surface area contributed by atoms with Gasteiger partial charge in [0, 0.05) is 12.8 Å². The van der Waals surface area contributed by atoms with Crippen LogP contribution in [0.2, 0.25) is 0 Å². The third kappa shape index (κ3) is 3.91. The highest BCUT2D eigenvalue weighted by Crippen LogP contribution is 2.23. The maximum Gasteiger partial charge on any atom is 0.305 e. The molecule has 102 valence electrons. The fourth-order valence-electron chi connectivity index (χ4n) is 2.53. The molecule has 0 unspecified atom stereocenters. The molecule has 0 amide bonds. The Kier molecular flexibility index (Phi) is 4.72. The second-order valence-electron chi connectivity index (χ2n) is 5.07. The number of carbonyl (C=O) groups is 2. The second-order valence-corrected chi connectivity index (χ2v) is 5.07. The van der Waals surface area contributed by atoms with Crippen LogP contribution in [0.5, 0.6) is 0 Å². The molecule has 0 fully saturated rings. The van der Waals surface area contributed by atoms with E-state index in [0.29, 0.717) is 6.42 Å². The zero-order chi connectivity index (χ0) is 13.7. The first-order chi connectivity index (χ1) is 9.19. The topological polar surface area (TPSA) is 43.4 Å². The van der Waals surface area contributed by atoms with E-state index in [-0.39, 0.29) is 24.6 Å². The zero-order valence-electron chi connectivity index (χ0n) is 11.4. The Bertz CT molecular complexity index is 477. The van der Waals surface area contributed by atoms with Gasteiger partial charge in [-0.2, -0.15) is 0 Å². The highest BCUT2D eigenvalue weighted by Gasteiger charge is 2.12. The zero-order valence-corrected chi connectivity index (χ0v) is 11.4. The molecular weight excluding hydrogens is 240 g/mol. The fraction of sp³-hybridized carbons (Fsp3) is 0.500. The SMILES string of the molecule is COC(=O)CCC(=O)CCc1ccc2c(c1)CCC2. The maximum absolute atomic E-state index is 11.7. The lowest BCUT2D eigenvalue weighted by atomic mass is 10.0. The number of methoxy groups -OCH3 is 1. The number of hydrogen-bond acceptors (Lipinski definition) is 3. The number of ether oxygens (including phenoxy) is 1. The lowest BCUT2D eigenvalue weighted by Gasteiger charge is -2.05. The summed E-state index contributed by atoms with van der Waals surface area (Å²) in [6, 6.07) is 6.55. The third-order valence-corrected chi connectivity index (χ3v) is 3.69. The second kappa shape index (κ2) is 6.50. The first-order valence-corrected chi connectivity index (χ1v) is 6.88. The van der Waals surface area contributed by atoms with Crippen LogP contribution in [0.1, 0.15) is 42.4 Å². The Balaban J connectivity index is 1.79. The van der Waals surface area contributed by atoms with Crippen molar-refractivity contribution in [1.29, 1.82) is 0 Å². The minimum Gasteiger partial charge on any atom is -0.469 e. The molecule has 1 aromatic carbocycles. The minimum absolute atomic E-state index is 0.130. The van der Waals surface area contributed by atoms with Gasteiger partial charge in [-0.05, 0) is 42.4 Å². The van der Waals surface area contributed by atoms with Gasteiger partial charge in [0.05, 0.1) is 13.5 Å². The summed E-state index contributed by atoms with van der Waals surface area (Å²) < 4.78 is 4.52. The predicted molar refractivity (Wildman–Crippen MR) is 73.0 cm³/mol. The van der Waals surface area contributed by atoms with Crippen molar-refractivity contribution >= 4 is 11.8 Å². The average molecular weight is 260 g/mol. The summed E-state index contributed by atoms with van der Waals surface area (Å²) >= 11 is 0. The molecule has 1 aliphatic carbocycles. The minimum atomic E-state index is -0.314. The van der Waals surface area contributed by atoms with Gasteiger partial charge in [0.25, 0.3) is 0 Å². The van der Waals surface area contributed by atoms with Crippen LogP contribution in [0.4, 0.5) is 0 Å². The van der Waals surface area contributed by atoms with Gasteiger partial charge in [0.2, 0.25) is 0 Å². The smallest absolute Gasteiger partial charge is 0.305 e. The molecule has 0 aromatic heterocycles. The van der Waals surface area contributed by atoms with Gasteiger partial charge < -0.3 is 4.74 Å². The normalized spacial score (nSPS) is 13.1. The van der Waals surface area contributed by atoms with Gasteiger partial charge in [0.15, 0.2) is 0 Å². The number of aryl methyl sites for hydroxylation is 3. The standard InChI is InChI=1S/C16H20O3/c1-19-16(18)10-9-15(17)8-6-12-5-7-13-3-2-4-14(13)11-12/h5,7,11H,2-4,6,8-10H2,1H3. The van der Waals surface area contributed by atoms with E-state index >= 15 is 0 Å². The van der Waals surface area contributed by atoms with Crippen molar-refractivity contribution < 1.29 is 14.3 Å². The van der Waals surface area contributed by atoms with E-state index < -0.39 is 0 Å². The van der Waals surface area contributed by atoms with Crippen LogP contribution in [0, 0.1) is 0 Å². The monoisotopic (exact) mass is 260 g/mol. The van der Waals surface area contributed by atoms with Crippen LogP contribution in [0.15, 0.2) is 18.2 Å². The van der Waals surface area contributed by atoms with Crippen molar-refractivity contribution in [2.24, 2.45) is 0 Å². The molecule has 0 aliphatic heterocycles. The number of rotatable bonds is 6. The molecule has 2 rings (SSSR count). The molecule has 0 bridgehead atoms. The number of fused-ring (bicyclic) bond motifs is 1. The summed E-state index contributed by atoms with van der Waals surface area (Å²) in [7, 11) is 1.34. The highest BCUT2D eigenvalue weighted by atomic mass is 16.5. The van der Waals surface area contributed by atoms with E-state index in [1.165, 1.54) is 43.1 Å². The molecule has 0 atom stereocenters. The van der Waals surface area contributed by atoms with Crippen molar-refractivity contribution in [2.45, 2.75) is 44.9 Å². The first-order valence-electron chi connectivity index (χ1n) is 6.88. The third-order valence-electron chi connectivity index (χ3n) is 3.69. The fourth-order valence-corrected chi connectivity index (χ4v) is 2.53. The Labute approximate surface area is 114 Å². The van der Waals surface area contributed by atoms with E-state index in [1.807, 2.05) is 0 Å². The van der Waals surface area contributed by atoms with Gasteiger partial charge in [-0.3, -0.25) is 9.59 Å². The molecule has 0 heterocycles. The Morgan fingerprint density at radius 3 is 2.68 bits per heavy atom. The number of Topliss-reactive ketones (excluding diaryl/α,β-unsaturated/α-hetero) is 1. The Morgan fingerprint density at radius 1 is 1.11 bits per heavy atom. The van der Waals surface area contributed by atoms with Crippen molar-refractivity contribution in [3.8, 4) is 0 Å². The van der Waals surface area contributed by atoms with E-state index in [1.54, 1.807) is 0 Å². The molecule has 0 N–H and O–H groups in total. The van der Waals surface area contributed by atoms with Gasteiger partial charge in [-0.25, -0.2) is 0 Å². The van der Waals surface area contributed by atoms with Gasteiger partial charge in [-0.1, -0.05) is 18.2 Å². The van der Waals surface area contributed by atoms with Crippen LogP contribution in [0.25, 0.3) is 0 Å². The van der Waals surface area contributed by atoms with Crippen molar-refractivity contribution in [2.75, 3.05) is 7.11 Å². The first kappa shape index (κ1) is 13.8. The van der Waals surface area contributed by atoms with E-state index in [4.69, 9.17) is 0 Å². The number of hydrogen-bond donors (Lipinski definition) is 0. The van der Waals surface area contributed by atoms with E-state index in [2.05, 4.69) is 22.9 Å². The molecule has 1 aliphatic rings. The quantitative estimate of drug-likeness (QED) is 0.738.